The lowest BCUT2D eigenvalue weighted by molar-refractivity contribution is -0.314. The van der Waals surface area contributed by atoms with Crippen LogP contribution < -0.4 is 4.84 Å². The minimum atomic E-state index is 0.0986. The van der Waals surface area contributed by atoms with Crippen LogP contribution in [0.2, 0.25) is 0 Å². The fraction of sp³-hybridized carbons (Fsp3) is 0.538. The van der Waals surface area contributed by atoms with Gasteiger partial charge in [0.15, 0.2) is 5.75 Å². The standard InChI is InChI=1S/C13H19NO2/c1-2-3-4-8-12-10-11-7-5-6-9-13(11)16-14(12)15/h5-7,9,12,15H,2-4,8,10H2,1H3. The number of nitrogens with zero attached hydrogens (tertiary/aromatic N) is 1. The maximum Gasteiger partial charge on any atom is 0.153 e. The zero-order valence-electron chi connectivity index (χ0n) is 9.72. The second kappa shape index (κ2) is 5.32. The molecule has 1 atom stereocenters. The van der Waals surface area contributed by atoms with Crippen molar-refractivity contribution >= 4 is 0 Å². The SMILES string of the molecule is CCCCCC1Cc2ccccc2ON1O. The molecule has 0 aliphatic carbocycles. The number of hydrogen-bond donors (Lipinski definition) is 1. The molecule has 16 heavy (non-hydrogen) atoms. The second-order valence-corrected chi connectivity index (χ2v) is 4.36. The van der Waals surface area contributed by atoms with Crippen LogP contribution >= 0.6 is 0 Å². The van der Waals surface area contributed by atoms with E-state index in [1.165, 1.54) is 18.4 Å². The molecule has 0 saturated heterocycles. The molecule has 0 fully saturated rings. The highest BCUT2D eigenvalue weighted by Gasteiger charge is 2.25. The number of hydrogen-bond acceptors (Lipinski definition) is 3. The van der Waals surface area contributed by atoms with Crippen molar-refractivity contribution in [1.29, 1.82) is 0 Å². The molecule has 0 aromatic heterocycles. The maximum atomic E-state index is 9.73. The zero-order valence-corrected chi connectivity index (χ0v) is 9.72. The molecule has 1 N–H and O–H groups in total. The number of rotatable bonds is 4. The topological polar surface area (TPSA) is 32.7 Å². The van der Waals surface area contributed by atoms with Gasteiger partial charge in [-0.15, -0.1) is 0 Å². The lowest BCUT2D eigenvalue weighted by Crippen LogP contribution is -2.40. The van der Waals surface area contributed by atoms with Crippen molar-refractivity contribution in [2.24, 2.45) is 0 Å². The van der Waals surface area contributed by atoms with E-state index >= 15 is 0 Å². The summed E-state index contributed by atoms with van der Waals surface area (Å²) in [5, 5.41) is 10.8. The number of hydroxylamine groups is 2. The van der Waals surface area contributed by atoms with Crippen LogP contribution in [0.25, 0.3) is 0 Å². The smallest absolute Gasteiger partial charge is 0.153 e. The predicted molar refractivity (Wildman–Crippen MR) is 62.3 cm³/mol. The quantitative estimate of drug-likeness (QED) is 0.793. The minimum absolute atomic E-state index is 0.0986. The van der Waals surface area contributed by atoms with Gasteiger partial charge in [0.05, 0.1) is 6.04 Å². The van der Waals surface area contributed by atoms with Gasteiger partial charge in [-0.2, -0.15) is 0 Å². The van der Waals surface area contributed by atoms with Crippen molar-refractivity contribution in [2.45, 2.75) is 45.1 Å². The van der Waals surface area contributed by atoms with Gasteiger partial charge < -0.3 is 4.84 Å². The summed E-state index contributed by atoms with van der Waals surface area (Å²) in [7, 11) is 0. The highest BCUT2D eigenvalue weighted by Crippen LogP contribution is 2.28. The van der Waals surface area contributed by atoms with E-state index in [4.69, 9.17) is 4.84 Å². The fourth-order valence-corrected chi connectivity index (χ4v) is 2.11. The van der Waals surface area contributed by atoms with Crippen LogP contribution in [-0.4, -0.2) is 16.5 Å². The molecule has 1 unspecified atom stereocenters. The Morgan fingerprint density at radius 3 is 3.00 bits per heavy atom. The summed E-state index contributed by atoms with van der Waals surface area (Å²) >= 11 is 0. The van der Waals surface area contributed by atoms with Gasteiger partial charge in [0.1, 0.15) is 0 Å². The molecule has 1 aromatic rings. The van der Waals surface area contributed by atoms with Crippen molar-refractivity contribution in [3.8, 4) is 5.75 Å². The first-order chi connectivity index (χ1) is 7.81. The van der Waals surface area contributed by atoms with Gasteiger partial charge in [-0.25, -0.2) is 0 Å². The van der Waals surface area contributed by atoms with Crippen molar-refractivity contribution in [3.05, 3.63) is 29.8 Å². The summed E-state index contributed by atoms with van der Waals surface area (Å²) in [6.07, 6.45) is 5.42. The lowest BCUT2D eigenvalue weighted by atomic mass is 9.99. The van der Waals surface area contributed by atoms with Gasteiger partial charge in [-0.3, -0.25) is 5.21 Å². The van der Waals surface area contributed by atoms with Crippen LogP contribution in [0, 0.1) is 0 Å². The Hall–Kier alpha value is -1.06. The summed E-state index contributed by atoms with van der Waals surface area (Å²) in [5.41, 5.74) is 1.19. The Bertz CT molecular complexity index is 340. The first-order valence-corrected chi connectivity index (χ1v) is 6.05. The molecule has 1 aliphatic heterocycles. The number of para-hydroxylation sites is 1. The van der Waals surface area contributed by atoms with Crippen LogP contribution in [0.15, 0.2) is 24.3 Å². The summed E-state index contributed by atoms with van der Waals surface area (Å²) in [5.74, 6) is 0.775. The molecular weight excluding hydrogens is 202 g/mol. The highest BCUT2D eigenvalue weighted by molar-refractivity contribution is 5.34. The number of fused-ring (bicyclic) bond motifs is 1. The van der Waals surface area contributed by atoms with E-state index in [9.17, 15) is 5.21 Å². The maximum absolute atomic E-state index is 9.73. The Kier molecular flexibility index (Phi) is 3.80. The molecule has 0 amide bonds. The van der Waals surface area contributed by atoms with Gasteiger partial charge in [0, 0.05) is 0 Å². The molecular formula is C13H19NO2. The van der Waals surface area contributed by atoms with Crippen molar-refractivity contribution in [2.75, 3.05) is 0 Å². The molecule has 0 radical (unpaired) electrons. The van der Waals surface area contributed by atoms with Gasteiger partial charge in [0.2, 0.25) is 0 Å². The van der Waals surface area contributed by atoms with Crippen molar-refractivity contribution in [3.63, 3.8) is 0 Å². The van der Waals surface area contributed by atoms with E-state index in [0.29, 0.717) is 0 Å². The first-order valence-electron chi connectivity index (χ1n) is 6.05. The van der Waals surface area contributed by atoms with Crippen molar-refractivity contribution < 1.29 is 10.0 Å². The second-order valence-electron chi connectivity index (χ2n) is 4.36. The predicted octanol–water partition coefficient (Wildman–Crippen LogP) is 3.18. The van der Waals surface area contributed by atoms with Crippen LogP contribution in [0.3, 0.4) is 0 Å². The van der Waals surface area contributed by atoms with Crippen LogP contribution in [0.5, 0.6) is 5.75 Å². The first kappa shape index (κ1) is 11.4. The molecule has 3 heteroatoms. The summed E-state index contributed by atoms with van der Waals surface area (Å²) < 4.78 is 0. The molecule has 88 valence electrons. The Morgan fingerprint density at radius 1 is 1.38 bits per heavy atom. The van der Waals surface area contributed by atoms with Gasteiger partial charge in [0.25, 0.3) is 0 Å². The van der Waals surface area contributed by atoms with Crippen LogP contribution in [-0.2, 0) is 6.42 Å². The van der Waals surface area contributed by atoms with Gasteiger partial charge in [-0.05, 0) is 29.7 Å². The number of benzene rings is 1. The van der Waals surface area contributed by atoms with E-state index in [-0.39, 0.29) is 6.04 Å². The molecule has 0 bridgehead atoms. The molecule has 0 saturated carbocycles. The minimum Gasteiger partial charge on any atom is -0.380 e. The average molecular weight is 221 g/mol. The zero-order chi connectivity index (χ0) is 11.4. The lowest BCUT2D eigenvalue weighted by Gasteiger charge is -2.31. The van der Waals surface area contributed by atoms with Crippen molar-refractivity contribution in [1.82, 2.24) is 5.23 Å². The molecule has 3 nitrogen and oxygen atoms in total. The molecule has 1 heterocycles. The monoisotopic (exact) mass is 221 g/mol. The van der Waals surface area contributed by atoms with Crippen LogP contribution in [0.4, 0.5) is 0 Å². The summed E-state index contributed by atoms with van der Waals surface area (Å²) in [6, 6.07) is 7.99. The Labute approximate surface area is 96.6 Å². The molecule has 0 spiro atoms. The number of unbranched alkanes of at least 4 members (excludes halogenated alkanes) is 2. The van der Waals surface area contributed by atoms with E-state index in [1.54, 1.807) is 0 Å². The van der Waals surface area contributed by atoms with E-state index in [1.807, 2.05) is 18.2 Å². The third-order valence-electron chi connectivity index (χ3n) is 3.07. The molecule has 2 rings (SSSR count). The molecule has 1 aliphatic rings. The van der Waals surface area contributed by atoms with E-state index in [0.717, 1.165) is 30.2 Å². The van der Waals surface area contributed by atoms with Crippen LogP contribution in [0.1, 0.15) is 38.2 Å². The third kappa shape index (κ3) is 2.54. The summed E-state index contributed by atoms with van der Waals surface area (Å²) in [4.78, 5) is 5.36. The van der Waals surface area contributed by atoms with E-state index < -0.39 is 0 Å². The normalized spacial score (nSPS) is 20.2. The van der Waals surface area contributed by atoms with E-state index in [2.05, 4.69) is 13.0 Å². The summed E-state index contributed by atoms with van der Waals surface area (Å²) in [6.45, 7) is 2.18. The fourth-order valence-electron chi connectivity index (χ4n) is 2.11. The van der Waals surface area contributed by atoms with Gasteiger partial charge >= 0.3 is 0 Å². The molecule has 1 aromatic carbocycles. The average Bonchev–Trinajstić information content (AvgIpc) is 2.30. The van der Waals surface area contributed by atoms with Gasteiger partial charge in [-0.1, -0.05) is 44.4 Å². The highest BCUT2D eigenvalue weighted by atomic mass is 16.9. The third-order valence-corrected chi connectivity index (χ3v) is 3.07. The Morgan fingerprint density at radius 2 is 2.19 bits per heavy atom. The largest absolute Gasteiger partial charge is 0.380 e. The Balaban J connectivity index is 1.98.